The monoisotopic (exact) mass is 260 g/mol. The van der Waals surface area contributed by atoms with Crippen LogP contribution < -0.4 is 0 Å². The first kappa shape index (κ1) is 14.6. The number of hydrogen-bond acceptors (Lipinski definition) is 1. The minimum atomic E-state index is -0.375. The van der Waals surface area contributed by atoms with Crippen LogP contribution in [0.15, 0.2) is 30.3 Å². The van der Waals surface area contributed by atoms with Crippen LogP contribution >= 0.6 is 0 Å². The van der Waals surface area contributed by atoms with E-state index in [0.29, 0.717) is 0 Å². The second-order valence-electron chi connectivity index (χ2n) is 6.64. The molecule has 1 heteroatoms. The predicted molar refractivity (Wildman–Crippen MR) is 81.1 cm³/mol. The van der Waals surface area contributed by atoms with Crippen molar-refractivity contribution in [1.82, 2.24) is 0 Å². The summed E-state index contributed by atoms with van der Waals surface area (Å²) in [5.74, 6) is 1.60. The molecule has 0 unspecified atom stereocenters. The zero-order valence-electron chi connectivity index (χ0n) is 12.4. The van der Waals surface area contributed by atoms with Crippen molar-refractivity contribution in [2.75, 3.05) is 0 Å². The Kier molecular flexibility index (Phi) is 5.04. The molecule has 0 amide bonds. The summed E-state index contributed by atoms with van der Waals surface area (Å²) in [6.07, 6.45) is 7.59. The standard InChI is InChI=1S/C18H28O/c1-15(2)17-10-13-18(19,14-11-17)12-6-9-16-7-4-3-5-8-16/h3-5,7-8,15,17,19H,6,9-14H2,1-2H3. The van der Waals surface area contributed by atoms with Gasteiger partial charge in [-0.25, -0.2) is 0 Å². The molecule has 1 N–H and O–H groups in total. The summed E-state index contributed by atoms with van der Waals surface area (Å²) in [5.41, 5.74) is 1.02. The van der Waals surface area contributed by atoms with Crippen LogP contribution in [-0.2, 0) is 6.42 Å². The average molecular weight is 260 g/mol. The van der Waals surface area contributed by atoms with Crippen molar-refractivity contribution in [2.45, 2.75) is 64.4 Å². The fourth-order valence-electron chi connectivity index (χ4n) is 3.36. The summed E-state index contributed by atoms with van der Waals surface area (Å²) in [4.78, 5) is 0. The first-order valence-corrected chi connectivity index (χ1v) is 7.85. The normalized spacial score (nSPS) is 27.7. The van der Waals surface area contributed by atoms with Crippen molar-refractivity contribution < 1.29 is 5.11 Å². The molecule has 1 aromatic carbocycles. The highest BCUT2D eigenvalue weighted by atomic mass is 16.3. The molecule has 0 aliphatic heterocycles. The molecular weight excluding hydrogens is 232 g/mol. The molecule has 19 heavy (non-hydrogen) atoms. The van der Waals surface area contributed by atoms with E-state index in [-0.39, 0.29) is 5.60 Å². The molecule has 0 spiro atoms. The summed E-state index contributed by atoms with van der Waals surface area (Å²) in [6.45, 7) is 4.62. The van der Waals surface area contributed by atoms with Crippen molar-refractivity contribution in [2.24, 2.45) is 11.8 Å². The quantitative estimate of drug-likeness (QED) is 0.821. The summed E-state index contributed by atoms with van der Waals surface area (Å²) < 4.78 is 0. The van der Waals surface area contributed by atoms with Gasteiger partial charge < -0.3 is 5.11 Å². The molecule has 0 saturated heterocycles. The van der Waals surface area contributed by atoms with Crippen LogP contribution in [0.3, 0.4) is 0 Å². The summed E-state index contributed by atoms with van der Waals surface area (Å²) in [6, 6.07) is 10.6. The third kappa shape index (κ3) is 4.35. The van der Waals surface area contributed by atoms with Gasteiger partial charge in [0.15, 0.2) is 0 Å². The largest absolute Gasteiger partial charge is 0.390 e. The van der Waals surface area contributed by atoms with Gasteiger partial charge in [-0.1, -0.05) is 44.2 Å². The fraction of sp³-hybridized carbons (Fsp3) is 0.667. The third-order valence-corrected chi connectivity index (χ3v) is 4.85. The van der Waals surface area contributed by atoms with E-state index in [9.17, 15) is 5.11 Å². The molecule has 0 bridgehead atoms. The summed E-state index contributed by atoms with van der Waals surface area (Å²) >= 11 is 0. The van der Waals surface area contributed by atoms with Gasteiger partial charge in [-0.05, 0) is 62.3 Å². The average Bonchev–Trinajstić information content (AvgIpc) is 2.40. The maximum atomic E-state index is 10.6. The molecule has 2 rings (SSSR count). The van der Waals surface area contributed by atoms with Gasteiger partial charge in [-0.2, -0.15) is 0 Å². The molecule has 0 heterocycles. The van der Waals surface area contributed by atoms with Gasteiger partial charge in [0, 0.05) is 0 Å². The van der Waals surface area contributed by atoms with Crippen molar-refractivity contribution in [3.8, 4) is 0 Å². The zero-order valence-corrected chi connectivity index (χ0v) is 12.4. The summed E-state index contributed by atoms with van der Waals surface area (Å²) in [7, 11) is 0. The van der Waals surface area contributed by atoms with E-state index < -0.39 is 0 Å². The van der Waals surface area contributed by atoms with E-state index in [1.165, 1.54) is 18.4 Å². The van der Waals surface area contributed by atoms with Crippen LogP contribution in [0.2, 0.25) is 0 Å². The molecule has 0 atom stereocenters. The van der Waals surface area contributed by atoms with Crippen LogP contribution in [0.1, 0.15) is 57.9 Å². The molecule has 1 saturated carbocycles. The van der Waals surface area contributed by atoms with Crippen LogP contribution in [0, 0.1) is 11.8 Å². The van der Waals surface area contributed by atoms with Gasteiger partial charge in [-0.3, -0.25) is 0 Å². The van der Waals surface area contributed by atoms with Crippen molar-refractivity contribution in [3.05, 3.63) is 35.9 Å². The third-order valence-electron chi connectivity index (χ3n) is 4.85. The van der Waals surface area contributed by atoms with Crippen molar-refractivity contribution >= 4 is 0 Å². The first-order chi connectivity index (χ1) is 9.09. The Bertz CT molecular complexity index is 361. The molecule has 1 aliphatic rings. The molecule has 1 fully saturated rings. The highest BCUT2D eigenvalue weighted by Gasteiger charge is 2.33. The lowest BCUT2D eigenvalue weighted by molar-refractivity contribution is -0.0233. The Morgan fingerprint density at radius 2 is 1.79 bits per heavy atom. The molecule has 1 aliphatic carbocycles. The van der Waals surface area contributed by atoms with Crippen LogP contribution in [-0.4, -0.2) is 10.7 Å². The first-order valence-electron chi connectivity index (χ1n) is 7.85. The molecule has 1 aromatic rings. The van der Waals surface area contributed by atoms with Gasteiger partial charge in [0.2, 0.25) is 0 Å². The van der Waals surface area contributed by atoms with Gasteiger partial charge in [-0.15, -0.1) is 0 Å². The lowest BCUT2D eigenvalue weighted by Gasteiger charge is -2.37. The second-order valence-corrected chi connectivity index (χ2v) is 6.64. The maximum Gasteiger partial charge on any atom is 0.0648 e. The van der Waals surface area contributed by atoms with E-state index in [1.807, 2.05) is 0 Å². The van der Waals surface area contributed by atoms with Gasteiger partial charge >= 0.3 is 0 Å². The van der Waals surface area contributed by atoms with E-state index in [0.717, 1.165) is 43.9 Å². The minimum absolute atomic E-state index is 0.375. The molecular formula is C18H28O. The van der Waals surface area contributed by atoms with Gasteiger partial charge in [0.1, 0.15) is 0 Å². The Hall–Kier alpha value is -0.820. The number of aryl methyl sites for hydroxylation is 1. The smallest absolute Gasteiger partial charge is 0.0648 e. The van der Waals surface area contributed by atoms with Crippen LogP contribution in [0.25, 0.3) is 0 Å². The van der Waals surface area contributed by atoms with Crippen LogP contribution in [0.5, 0.6) is 0 Å². The fourth-order valence-corrected chi connectivity index (χ4v) is 3.36. The SMILES string of the molecule is CC(C)C1CCC(O)(CCCc2ccccc2)CC1. The van der Waals surface area contributed by atoms with Crippen LogP contribution in [0.4, 0.5) is 0 Å². The van der Waals surface area contributed by atoms with Crippen molar-refractivity contribution in [3.63, 3.8) is 0 Å². The number of aliphatic hydroxyl groups is 1. The highest BCUT2D eigenvalue weighted by Crippen LogP contribution is 2.38. The number of rotatable bonds is 5. The van der Waals surface area contributed by atoms with E-state index >= 15 is 0 Å². The number of hydrogen-bond donors (Lipinski definition) is 1. The topological polar surface area (TPSA) is 20.2 Å². The molecule has 0 aromatic heterocycles. The Morgan fingerprint density at radius 3 is 2.37 bits per heavy atom. The Balaban J connectivity index is 1.74. The molecule has 1 nitrogen and oxygen atoms in total. The Labute approximate surface area is 118 Å². The van der Waals surface area contributed by atoms with Gasteiger partial charge in [0.25, 0.3) is 0 Å². The molecule has 106 valence electrons. The van der Waals surface area contributed by atoms with Crippen molar-refractivity contribution in [1.29, 1.82) is 0 Å². The second kappa shape index (κ2) is 6.56. The minimum Gasteiger partial charge on any atom is -0.390 e. The van der Waals surface area contributed by atoms with Gasteiger partial charge in [0.05, 0.1) is 5.60 Å². The summed E-state index contributed by atoms with van der Waals surface area (Å²) in [5, 5.41) is 10.6. The Morgan fingerprint density at radius 1 is 1.16 bits per heavy atom. The van der Waals surface area contributed by atoms with E-state index in [1.54, 1.807) is 0 Å². The molecule has 0 radical (unpaired) electrons. The zero-order chi connectivity index (χ0) is 13.7. The van der Waals surface area contributed by atoms with E-state index in [4.69, 9.17) is 0 Å². The lowest BCUT2D eigenvalue weighted by atomic mass is 9.73. The maximum absolute atomic E-state index is 10.6. The van der Waals surface area contributed by atoms with E-state index in [2.05, 4.69) is 44.2 Å². The lowest BCUT2D eigenvalue weighted by Crippen LogP contribution is -2.35. The predicted octanol–water partition coefficient (Wildman–Crippen LogP) is 4.59. The number of benzene rings is 1. The highest BCUT2D eigenvalue weighted by molar-refractivity contribution is 5.14.